The van der Waals surface area contributed by atoms with Crippen molar-refractivity contribution in [2.24, 2.45) is 5.73 Å². The van der Waals surface area contributed by atoms with E-state index in [2.05, 4.69) is 15.9 Å². The van der Waals surface area contributed by atoms with Crippen LogP contribution in [-0.2, 0) is 0 Å². The van der Waals surface area contributed by atoms with E-state index in [4.69, 9.17) is 10.5 Å². The molecule has 2 N–H and O–H groups in total. The first-order valence-electron chi connectivity index (χ1n) is 5.88. The number of nitrogens with two attached hydrogens (primary N) is 1. The first-order chi connectivity index (χ1) is 9.02. The zero-order chi connectivity index (χ0) is 14.0. The largest absolute Gasteiger partial charge is 0.496 e. The van der Waals surface area contributed by atoms with E-state index in [9.17, 15) is 4.39 Å². The molecule has 1 unspecified atom stereocenters. The Balaban J connectivity index is 2.41. The van der Waals surface area contributed by atoms with Gasteiger partial charge >= 0.3 is 0 Å². The van der Waals surface area contributed by atoms with Gasteiger partial charge in [-0.1, -0.05) is 23.8 Å². The molecule has 0 spiro atoms. The Morgan fingerprint density at radius 2 is 1.95 bits per heavy atom. The monoisotopic (exact) mass is 323 g/mol. The lowest BCUT2D eigenvalue weighted by Gasteiger charge is -2.15. The Hall–Kier alpha value is -1.39. The molecule has 0 fully saturated rings. The molecule has 1 atom stereocenters. The van der Waals surface area contributed by atoms with E-state index < -0.39 is 6.04 Å². The summed E-state index contributed by atoms with van der Waals surface area (Å²) >= 11 is 3.41. The summed E-state index contributed by atoms with van der Waals surface area (Å²) in [5.74, 6) is 0.436. The van der Waals surface area contributed by atoms with Crippen molar-refractivity contribution in [3.63, 3.8) is 0 Å². The van der Waals surface area contributed by atoms with Crippen LogP contribution < -0.4 is 10.5 Å². The highest BCUT2D eigenvalue weighted by Gasteiger charge is 2.15. The molecule has 2 nitrogen and oxygen atoms in total. The minimum atomic E-state index is -0.498. The van der Waals surface area contributed by atoms with E-state index in [0.29, 0.717) is 5.56 Å². The van der Waals surface area contributed by atoms with Gasteiger partial charge in [0.05, 0.1) is 17.6 Å². The molecule has 0 aliphatic carbocycles. The van der Waals surface area contributed by atoms with Crippen molar-refractivity contribution < 1.29 is 9.13 Å². The third-order valence-electron chi connectivity index (χ3n) is 3.02. The van der Waals surface area contributed by atoms with Gasteiger partial charge in [0.2, 0.25) is 0 Å². The SMILES string of the molecule is COc1ccc(C(N)c2cc(C)ccc2F)cc1Br. The second-order valence-electron chi connectivity index (χ2n) is 4.40. The van der Waals surface area contributed by atoms with Crippen molar-refractivity contribution in [3.8, 4) is 5.75 Å². The number of aryl methyl sites for hydroxylation is 1. The van der Waals surface area contributed by atoms with Crippen LogP contribution >= 0.6 is 15.9 Å². The molecular formula is C15H15BrFNO. The molecule has 0 saturated heterocycles. The van der Waals surface area contributed by atoms with Gasteiger partial charge in [-0.15, -0.1) is 0 Å². The Bertz CT molecular complexity index is 601. The highest BCUT2D eigenvalue weighted by molar-refractivity contribution is 9.10. The molecule has 0 saturated carbocycles. The van der Waals surface area contributed by atoms with Crippen LogP contribution in [0.15, 0.2) is 40.9 Å². The van der Waals surface area contributed by atoms with E-state index in [1.807, 2.05) is 25.1 Å². The predicted molar refractivity (Wildman–Crippen MR) is 77.9 cm³/mol. The van der Waals surface area contributed by atoms with Crippen LogP contribution in [0.5, 0.6) is 5.75 Å². The summed E-state index contributed by atoms with van der Waals surface area (Å²) in [6, 6.07) is 9.97. The van der Waals surface area contributed by atoms with Gasteiger partial charge in [0, 0.05) is 5.56 Å². The lowest BCUT2D eigenvalue weighted by Crippen LogP contribution is -2.14. The average Bonchev–Trinajstić information content (AvgIpc) is 2.40. The average molecular weight is 324 g/mol. The lowest BCUT2D eigenvalue weighted by molar-refractivity contribution is 0.412. The maximum Gasteiger partial charge on any atom is 0.133 e. The summed E-state index contributed by atoms with van der Waals surface area (Å²) in [6.45, 7) is 1.92. The fourth-order valence-electron chi connectivity index (χ4n) is 1.96. The number of ether oxygens (including phenoxy) is 1. The summed E-state index contributed by atoms with van der Waals surface area (Å²) in [5.41, 5.74) is 8.46. The lowest BCUT2D eigenvalue weighted by atomic mass is 9.97. The van der Waals surface area contributed by atoms with Gasteiger partial charge in [-0.2, -0.15) is 0 Å². The standard InChI is InChI=1S/C15H15BrFNO/c1-9-3-5-13(17)11(7-9)15(18)10-4-6-14(19-2)12(16)8-10/h3-8,15H,18H2,1-2H3. The summed E-state index contributed by atoms with van der Waals surface area (Å²) < 4.78 is 19.8. The predicted octanol–water partition coefficient (Wildman–Crippen LogP) is 3.95. The number of halogens is 2. The molecule has 0 radical (unpaired) electrons. The Morgan fingerprint density at radius 3 is 2.58 bits per heavy atom. The topological polar surface area (TPSA) is 35.2 Å². The molecule has 19 heavy (non-hydrogen) atoms. The van der Waals surface area contributed by atoms with Gasteiger partial charge in [0.25, 0.3) is 0 Å². The van der Waals surface area contributed by atoms with Crippen LogP contribution in [0.3, 0.4) is 0 Å². The Kier molecular flexibility index (Phi) is 4.22. The number of hydrogen-bond donors (Lipinski definition) is 1. The van der Waals surface area contributed by atoms with Crippen LogP contribution in [0.4, 0.5) is 4.39 Å². The van der Waals surface area contributed by atoms with E-state index in [0.717, 1.165) is 21.3 Å². The van der Waals surface area contributed by atoms with Crippen LogP contribution in [0, 0.1) is 12.7 Å². The Labute approximate surface area is 120 Å². The molecule has 4 heteroatoms. The van der Waals surface area contributed by atoms with E-state index in [1.54, 1.807) is 19.2 Å². The van der Waals surface area contributed by atoms with Gasteiger partial charge < -0.3 is 10.5 Å². The molecular weight excluding hydrogens is 309 g/mol. The molecule has 2 aromatic rings. The molecule has 0 aliphatic heterocycles. The summed E-state index contributed by atoms with van der Waals surface area (Å²) in [5, 5.41) is 0. The molecule has 0 bridgehead atoms. The molecule has 0 aromatic heterocycles. The zero-order valence-corrected chi connectivity index (χ0v) is 12.4. The van der Waals surface area contributed by atoms with Gasteiger partial charge in [-0.3, -0.25) is 0 Å². The fraction of sp³-hybridized carbons (Fsp3) is 0.200. The minimum absolute atomic E-state index is 0.287. The van der Waals surface area contributed by atoms with Crippen LogP contribution in [0.25, 0.3) is 0 Å². The molecule has 2 aromatic carbocycles. The second-order valence-corrected chi connectivity index (χ2v) is 5.25. The molecule has 2 rings (SSSR count). The highest BCUT2D eigenvalue weighted by Crippen LogP contribution is 2.30. The number of methoxy groups -OCH3 is 1. The normalized spacial score (nSPS) is 12.3. The number of hydrogen-bond acceptors (Lipinski definition) is 2. The molecule has 0 aliphatic rings. The van der Waals surface area contributed by atoms with Crippen molar-refractivity contribution in [3.05, 3.63) is 63.4 Å². The van der Waals surface area contributed by atoms with Crippen LogP contribution in [0.2, 0.25) is 0 Å². The molecule has 0 heterocycles. The Morgan fingerprint density at radius 1 is 1.21 bits per heavy atom. The second kappa shape index (κ2) is 5.72. The van der Waals surface area contributed by atoms with Crippen molar-refractivity contribution in [1.82, 2.24) is 0 Å². The number of benzene rings is 2. The first kappa shape index (κ1) is 14.0. The fourth-order valence-corrected chi connectivity index (χ4v) is 2.52. The number of rotatable bonds is 3. The maximum absolute atomic E-state index is 13.8. The maximum atomic E-state index is 13.8. The smallest absolute Gasteiger partial charge is 0.133 e. The zero-order valence-electron chi connectivity index (χ0n) is 10.8. The minimum Gasteiger partial charge on any atom is -0.496 e. The van der Waals surface area contributed by atoms with Gasteiger partial charge in [0.15, 0.2) is 0 Å². The van der Waals surface area contributed by atoms with Crippen LogP contribution in [0.1, 0.15) is 22.7 Å². The quantitative estimate of drug-likeness (QED) is 0.928. The van der Waals surface area contributed by atoms with Crippen molar-refractivity contribution in [1.29, 1.82) is 0 Å². The summed E-state index contributed by atoms with van der Waals surface area (Å²) in [6.07, 6.45) is 0. The van der Waals surface area contributed by atoms with Crippen molar-refractivity contribution in [2.75, 3.05) is 7.11 Å². The van der Waals surface area contributed by atoms with E-state index in [-0.39, 0.29) is 5.82 Å². The van der Waals surface area contributed by atoms with Crippen molar-refractivity contribution in [2.45, 2.75) is 13.0 Å². The third-order valence-corrected chi connectivity index (χ3v) is 3.64. The van der Waals surface area contributed by atoms with Gasteiger partial charge in [0.1, 0.15) is 11.6 Å². The highest BCUT2D eigenvalue weighted by atomic mass is 79.9. The summed E-state index contributed by atoms with van der Waals surface area (Å²) in [4.78, 5) is 0. The summed E-state index contributed by atoms with van der Waals surface area (Å²) in [7, 11) is 1.60. The van der Waals surface area contributed by atoms with Crippen LogP contribution in [-0.4, -0.2) is 7.11 Å². The van der Waals surface area contributed by atoms with E-state index >= 15 is 0 Å². The first-order valence-corrected chi connectivity index (χ1v) is 6.67. The van der Waals surface area contributed by atoms with Gasteiger partial charge in [-0.05, 0) is 46.6 Å². The molecule has 100 valence electrons. The molecule has 0 amide bonds. The van der Waals surface area contributed by atoms with E-state index in [1.165, 1.54) is 6.07 Å². The third kappa shape index (κ3) is 2.96. The van der Waals surface area contributed by atoms with Gasteiger partial charge in [-0.25, -0.2) is 4.39 Å². The van der Waals surface area contributed by atoms with Crippen molar-refractivity contribution >= 4 is 15.9 Å².